The molecule has 0 N–H and O–H groups in total. The van der Waals surface area contributed by atoms with Crippen LogP contribution in [0.2, 0.25) is 5.02 Å². The first kappa shape index (κ1) is 14.2. The molecule has 0 heterocycles. The van der Waals surface area contributed by atoms with Crippen LogP contribution in [-0.4, -0.2) is 7.11 Å². The number of halogens is 2. The number of hydrogen-bond donors (Lipinski definition) is 0. The number of benzene rings is 2. The summed E-state index contributed by atoms with van der Waals surface area (Å²) in [6, 6.07) is 11.7. The Hall–Kier alpha value is -1.18. The van der Waals surface area contributed by atoms with Gasteiger partial charge >= 0.3 is 0 Å². The Bertz CT molecular complexity index is 593. The maximum absolute atomic E-state index is 6.58. The third-order valence-electron chi connectivity index (χ3n) is 3.30. The fourth-order valence-corrected chi connectivity index (χ4v) is 2.78. The fraction of sp³-hybridized carbons (Fsp3) is 0.250. The standard InChI is InChI=1S/C16H16Cl2O/c1-10-8-13(14(17)9-11(10)2)16(18)12-6-4-5-7-15(12)19-3/h4-9,16H,1-3H3. The molecule has 0 bridgehead atoms. The van der Waals surface area contributed by atoms with Gasteiger partial charge in [-0.3, -0.25) is 0 Å². The largest absolute Gasteiger partial charge is 0.496 e. The van der Waals surface area contributed by atoms with Crippen molar-refractivity contribution in [1.82, 2.24) is 0 Å². The molecule has 19 heavy (non-hydrogen) atoms. The van der Waals surface area contributed by atoms with Crippen molar-refractivity contribution in [3.05, 3.63) is 63.7 Å². The van der Waals surface area contributed by atoms with Gasteiger partial charge < -0.3 is 4.74 Å². The molecule has 0 spiro atoms. The van der Waals surface area contributed by atoms with Crippen LogP contribution >= 0.6 is 23.2 Å². The summed E-state index contributed by atoms with van der Waals surface area (Å²) in [5, 5.41) is 0.372. The van der Waals surface area contributed by atoms with Crippen molar-refractivity contribution >= 4 is 23.2 Å². The van der Waals surface area contributed by atoms with Gasteiger partial charge in [0.2, 0.25) is 0 Å². The molecular weight excluding hydrogens is 279 g/mol. The van der Waals surface area contributed by atoms with Crippen molar-refractivity contribution in [3.8, 4) is 5.75 Å². The van der Waals surface area contributed by atoms with E-state index in [1.807, 2.05) is 43.3 Å². The lowest BCUT2D eigenvalue weighted by molar-refractivity contribution is 0.410. The van der Waals surface area contributed by atoms with E-state index >= 15 is 0 Å². The van der Waals surface area contributed by atoms with Crippen LogP contribution in [0.25, 0.3) is 0 Å². The van der Waals surface area contributed by atoms with Crippen LogP contribution in [0.1, 0.15) is 27.6 Å². The topological polar surface area (TPSA) is 9.23 Å². The molecule has 2 aromatic rings. The van der Waals surface area contributed by atoms with Gasteiger partial charge in [-0.05, 0) is 42.7 Å². The Kier molecular flexibility index (Phi) is 4.38. The van der Waals surface area contributed by atoms with Crippen molar-refractivity contribution in [1.29, 1.82) is 0 Å². The molecule has 1 nitrogen and oxygen atoms in total. The molecule has 1 unspecified atom stereocenters. The molecule has 0 aliphatic rings. The molecule has 0 aliphatic heterocycles. The molecule has 0 radical (unpaired) electrons. The number of alkyl halides is 1. The Morgan fingerprint density at radius 1 is 1.00 bits per heavy atom. The van der Waals surface area contributed by atoms with Crippen molar-refractivity contribution in [3.63, 3.8) is 0 Å². The van der Waals surface area contributed by atoms with E-state index < -0.39 is 0 Å². The smallest absolute Gasteiger partial charge is 0.123 e. The molecule has 0 aromatic heterocycles. The first-order valence-electron chi connectivity index (χ1n) is 6.08. The predicted octanol–water partition coefficient (Wildman–Crippen LogP) is 5.29. The van der Waals surface area contributed by atoms with Gasteiger partial charge in [-0.1, -0.05) is 35.9 Å². The number of methoxy groups -OCH3 is 1. The normalized spacial score (nSPS) is 12.3. The summed E-state index contributed by atoms with van der Waals surface area (Å²) in [6.45, 7) is 4.10. The van der Waals surface area contributed by atoms with Crippen LogP contribution in [0.3, 0.4) is 0 Å². The van der Waals surface area contributed by atoms with Gasteiger partial charge in [0.25, 0.3) is 0 Å². The summed E-state index contributed by atoms with van der Waals surface area (Å²) in [5.74, 6) is 0.775. The van der Waals surface area contributed by atoms with Gasteiger partial charge in [0.15, 0.2) is 0 Å². The predicted molar refractivity (Wildman–Crippen MR) is 81.6 cm³/mol. The van der Waals surface area contributed by atoms with Crippen LogP contribution < -0.4 is 4.74 Å². The third kappa shape index (κ3) is 2.88. The van der Waals surface area contributed by atoms with E-state index in [4.69, 9.17) is 27.9 Å². The van der Waals surface area contributed by atoms with E-state index in [1.54, 1.807) is 7.11 Å². The van der Waals surface area contributed by atoms with Crippen molar-refractivity contribution in [2.45, 2.75) is 19.2 Å². The SMILES string of the molecule is COc1ccccc1C(Cl)c1cc(C)c(C)cc1Cl. The zero-order chi connectivity index (χ0) is 14.0. The minimum atomic E-state index is -0.317. The van der Waals surface area contributed by atoms with Crippen LogP contribution in [0, 0.1) is 13.8 Å². The summed E-state index contributed by atoms with van der Waals surface area (Å²) < 4.78 is 5.35. The molecule has 2 rings (SSSR count). The molecule has 0 aliphatic carbocycles. The van der Waals surface area contributed by atoms with E-state index in [0.717, 1.165) is 22.4 Å². The molecular formula is C16H16Cl2O. The summed E-state index contributed by atoms with van der Waals surface area (Å²) in [6.07, 6.45) is 0. The van der Waals surface area contributed by atoms with E-state index in [1.165, 1.54) is 5.56 Å². The first-order chi connectivity index (χ1) is 9.04. The number of hydrogen-bond acceptors (Lipinski definition) is 1. The molecule has 2 aromatic carbocycles. The second-order valence-electron chi connectivity index (χ2n) is 4.56. The highest BCUT2D eigenvalue weighted by atomic mass is 35.5. The second kappa shape index (κ2) is 5.85. The van der Waals surface area contributed by atoms with E-state index in [9.17, 15) is 0 Å². The number of aryl methyl sites for hydroxylation is 2. The van der Waals surface area contributed by atoms with Crippen LogP contribution in [0.5, 0.6) is 5.75 Å². The van der Waals surface area contributed by atoms with Gasteiger partial charge in [-0.2, -0.15) is 0 Å². The summed E-state index contributed by atoms with van der Waals surface area (Å²) in [5.41, 5.74) is 4.19. The Balaban J connectivity index is 2.50. The quantitative estimate of drug-likeness (QED) is 0.699. The van der Waals surface area contributed by atoms with Gasteiger partial charge in [0, 0.05) is 10.6 Å². The van der Waals surface area contributed by atoms with Gasteiger partial charge in [-0.15, -0.1) is 11.6 Å². The van der Waals surface area contributed by atoms with Crippen molar-refractivity contribution < 1.29 is 4.74 Å². The maximum Gasteiger partial charge on any atom is 0.123 e. The minimum Gasteiger partial charge on any atom is -0.496 e. The van der Waals surface area contributed by atoms with E-state index in [-0.39, 0.29) is 5.38 Å². The van der Waals surface area contributed by atoms with Gasteiger partial charge in [0.05, 0.1) is 12.5 Å². The van der Waals surface area contributed by atoms with Gasteiger partial charge in [-0.25, -0.2) is 0 Å². The molecule has 0 fully saturated rings. The lowest BCUT2D eigenvalue weighted by Crippen LogP contribution is -1.99. The third-order valence-corrected chi connectivity index (χ3v) is 4.10. The zero-order valence-corrected chi connectivity index (χ0v) is 12.7. The highest BCUT2D eigenvalue weighted by Crippen LogP contribution is 2.38. The first-order valence-corrected chi connectivity index (χ1v) is 6.89. The lowest BCUT2D eigenvalue weighted by Gasteiger charge is -2.17. The lowest BCUT2D eigenvalue weighted by atomic mass is 9.99. The van der Waals surface area contributed by atoms with Crippen LogP contribution in [0.4, 0.5) is 0 Å². The summed E-state index contributed by atoms with van der Waals surface area (Å²) in [7, 11) is 1.64. The molecule has 0 amide bonds. The second-order valence-corrected chi connectivity index (χ2v) is 5.41. The zero-order valence-electron chi connectivity index (χ0n) is 11.2. The van der Waals surface area contributed by atoms with Crippen LogP contribution in [-0.2, 0) is 0 Å². The Morgan fingerprint density at radius 3 is 2.32 bits per heavy atom. The highest BCUT2D eigenvalue weighted by molar-refractivity contribution is 6.33. The molecule has 3 heteroatoms. The average molecular weight is 295 g/mol. The molecule has 0 saturated heterocycles. The summed E-state index contributed by atoms with van der Waals surface area (Å²) >= 11 is 12.9. The Labute approximate surface area is 124 Å². The minimum absolute atomic E-state index is 0.317. The van der Waals surface area contributed by atoms with E-state index in [2.05, 4.69) is 6.92 Å². The molecule has 1 atom stereocenters. The van der Waals surface area contributed by atoms with Crippen molar-refractivity contribution in [2.24, 2.45) is 0 Å². The van der Waals surface area contributed by atoms with E-state index in [0.29, 0.717) is 5.02 Å². The monoisotopic (exact) mass is 294 g/mol. The highest BCUT2D eigenvalue weighted by Gasteiger charge is 2.18. The van der Waals surface area contributed by atoms with Crippen LogP contribution in [0.15, 0.2) is 36.4 Å². The Morgan fingerprint density at radius 2 is 1.63 bits per heavy atom. The molecule has 0 saturated carbocycles. The number of rotatable bonds is 3. The van der Waals surface area contributed by atoms with Crippen molar-refractivity contribution in [2.75, 3.05) is 7.11 Å². The molecule has 100 valence electrons. The number of para-hydroxylation sites is 1. The van der Waals surface area contributed by atoms with Gasteiger partial charge in [0.1, 0.15) is 5.75 Å². The number of ether oxygens (including phenoxy) is 1. The average Bonchev–Trinajstić information content (AvgIpc) is 2.42. The maximum atomic E-state index is 6.58. The fourth-order valence-electron chi connectivity index (χ4n) is 2.04. The summed E-state index contributed by atoms with van der Waals surface area (Å²) in [4.78, 5) is 0.